The van der Waals surface area contributed by atoms with E-state index in [1.807, 2.05) is 36.1 Å². The second kappa shape index (κ2) is 12.9. The maximum absolute atomic E-state index is 13.6. The van der Waals surface area contributed by atoms with Crippen molar-refractivity contribution in [2.45, 2.75) is 75.4 Å². The van der Waals surface area contributed by atoms with Gasteiger partial charge < -0.3 is 35.2 Å². The van der Waals surface area contributed by atoms with Crippen LogP contribution in [0, 0.1) is 24.7 Å². The fraction of sp³-hybridized carbons (Fsp3) is 0.537. The number of methoxy groups -OCH3 is 1. The van der Waals surface area contributed by atoms with E-state index in [0.717, 1.165) is 65.0 Å². The third-order valence-corrected chi connectivity index (χ3v) is 13.0. The van der Waals surface area contributed by atoms with Crippen molar-refractivity contribution in [2.75, 3.05) is 56.7 Å². The summed E-state index contributed by atoms with van der Waals surface area (Å²) in [5.74, 6) is 3.90. The molecule has 5 aliphatic carbocycles. The van der Waals surface area contributed by atoms with Gasteiger partial charge in [-0.15, -0.1) is 0 Å². The van der Waals surface area contributed by atoms with Gasteiger partial charge in [-0.05, 0) is 111 Å². The number of hydrogen-bond acceptors (Lipinski definition) is 10. The lowest BCUT2D eigenvalue weighted by molar-refractivity contribution is -0.0796. The first-order chi connectivity index (χ1) is 26.2. The Balaban J connectivity index is 0.854. The summed E-state index contributed by atoms with van der Waals surface area (Å²) < 4.78 is 13.1. The Morgan fingerprint density at radius 3 is 2.35 bits per heavy atom. The molecule has 5 heterocycles. The van der Waals surface area contributed by atoms with Crippen molar-refractivity contribution >= 4 is 34.5 Å². The van der Waals surface area contributed by atoms with Crippen LogP contribution in [0.1, 0.15) is 62.5 Å². The number of anilines is 3. The molecule has 0 unspecified atom stereocenters. The third-order valence-electron chi connectivity index (χ3n) is 13.0. The highest BCUT2D eigenvalue weighted by Gasteiger charge is 2.52. The lowest BCUT2D eigenvalue weighted by Crippen LogP contribution is -2.63. The molecule has 4 bridgehead atoms. The number of piperazine rings is 1. The molecule has 13 nitrogen and oxygen atoms in total. The molecule has 54 heavy (non-hydrogen) atoms. The van der Waals surface area contributed by atoms with Crippen LogP contribution in [0.15, 0.2) is 53.5 Å². The van der Waals surface area contributed by atoms with Crippen LogP contribution in [0.3, 0.4) is 0 Å². The van der Waals surface area contributed by atoms with E-state index in [1.54, 1.807) is 23.9 Å². The van der Waals surface area contributed by atoms with E-state index < -0.39 is 0 Å². The molecule has 0 radical (unpaired) electrons. The topological polar surface area (TPSA) is 139 Å². The zero-order chi connectivity index (χ0) is 36.6. The van der Waals surface area contributed by atoms with E-state index in [-0.39, 0.29) is 22.7 Å². The molecule has 7 fully saturated rings. The van der Waals surface area contributed by atoms with Gasteiger partial charge in [0, 0.05) is 55.4 Å². The van der Waals surface area contributed by atoms with Crippen LogP contribution in [0.4, 0.5) is 22.2 Å². The smallest absolute Gasteiger partial charge is 0.317 e. The number of urea groups is 1. The summed E-state index contributed by atoms with van der Waals surface area (Å²) in [6, 6.07) is 14.2. The minimum atomic E-state index is -0.241. The van der Waals surface area contributed by atoms with Gasteiger partial charge in [-0.25, -0.2) is 9.78 Å². The average molecular weight is 732 g/mol. The number of rotatable bonds is 9. The molecule has 3 aromatic heterocycles. The maximum Gasteiger partial charge on any atom is 0.317 e. The minimum absolute atomic E-state index is 0.0124. The molecule has 0 atom stereocenters. The number of carbonyl (C=O) groups is 1. The molecule has 0 spiro atoms. The zero-order valence-corrected chi connectivity index (χ0v) is 31.1. The van der Waals surface area contributed by atoms with Gasteiger partial charge in [0.1, 0.15) is 11.5 Å². The number of aromatic nitrogens is 4. The monoisotopic (exact) mass is 731 g/mol. The van der Waals surface area contributed by atoms with Crippen molar-refractivity contribution in [1.29, 1.82) is 0 Å². The standard InChI is InChI=1S/C41H49N9O4/c1-25-14-35(51)50(31-5-3-4-29(18-31)41(23-54-24-41)46-30-6-7-30)36-32(25)22-42-38(45-36)43-33-8-9-34(44-37(33)53-2)48-10-12-49(13-11-48)39(52)47-40-19-26-15-27(20-40)17-28(16-26)21-40/h3-5,8-9,14,18,22,26-28,30,46H,6-7,10-13,15-17,19-21,23-24H2,1-2H3,(H,47,52)(H,42,43,45). The van der Waals surface area contributed by atoms with Gasteiger partial charge in [0.25, 0.3) is 5.56 Å². The van der Waals surface area contributed by atoms with Gasteiger partial charge in [-0.3, -0.25) is 9.36 Å². The summed E-state index contributed by atoms with van der Waals surface area (Å²) in [7, 11) is 1.59. The molecular formula is C41H49N9O4. The van der Waals surface area contributed by atoms with Crippen LogP contribution in [0.2, 0.25) is 0 Å². The number of amides is 2. The summed E-state index contributed by atoms with van der Waals surface area (Å²) >= 11 is 0. The Bertz CT molecular complexity index is 2140. The summed E-state index contributed by atoms with van der Waals surface area (Å²) in [6.45, 7) is 5.78. The molecule has 2 aliphatic heterocycles. The number of nitrogens with one attached hydrogen (secondary N) is 3. The lowest BCUT2D eigenvalue weighted by Gasteiger charge is -2.57. The van der Waals surface area contributed by atoms with Crippen LogP contribution in [-0.4, -0.2) is 88.5 Å². The van der Waals surface area contributed by atoms with Gasteiger partial charge in [0.2, 0.25) is 11.8 Å². The number of hydrogen-bond donors (Lipinski definition) is 3. The Labute approximate surface area is 314 Å². The molecule has 2 amide bonds. The fourth-order valence-electron chi connectivity index (χ4n) is 10.4. The van der Waals surface area contributed by atoms with Crippen molar-refractivity contribution in [3.8, 4) is 11.6 Å². The Hall–Kier alpha value is -4.75. The minimum Gasteiger partial charge on any atom is -0.479 e. The number of nitrogens with zero attached hydrogens (tertiary/aromatic N) is 6. The first-order valence-electron chi connectivity index (χ1n) is 19.8. The van der Waals surface area contributed by atoms with E-state index in [0.29, 0.717) is 68.6 Å². The van der Waals surface area contributed by atoms with Gasteiger partial charge in [0.05, 0.1) is 31.5 Å². The van der Waals surface area contributed by atoms with Crippen molar-refractivity contribution < 1.29 is 14.3 Å². The molecule has 1 aromatic carbocycles. The molecule has 13 heteroatoms. The first-order valence-corrected chi connectivity index (χ1v) is 19.8. The molecule has 11 rings (SSSR count). The predicted octanol–water partition coefficient (Wildman–Crippen LogP) is 5.01. The number of aryl methyl sites for hydroxylation is 1. The molecule has 282 valence electrons. The fourth-order valence-corrected chi connectivity index (χ4v) is 10.4. The van der Waals surface area contributed by atoms with E-state index in [4.69, 9.17) is 19.4 Å². The van der Waals surface area contributed by atoms with Crippen molar-refractivity contribution in [1.82, 2.24) is 35.1 Å². The molecule has 4 aromatic rings. The second-order valence-electron chi connectivity index (χ2n) is 16.9. The molecule has 3 N–H and O–H groups in total. The van der Waals surface area contributed by atoms with Gasteiger partial charge in [-0.1, -0.05) is 12.1 Å². The number of ether oxygens (including phenoxy) is 2. The highest BCUT2D eigenvalue weighted by Crippen LogP contribution is 2.55. The second-order valence-corrected chi connectivity index (χ2v) is 16.9. The number of pyridine rings is 2. The molecule has 5 saturated carbocycles. The van der Waals surface area contributed by atoms with Crippen LogP contribution >= 0.6 is 0 Å². The Kier molecular flexibility index (Phi) is 8.10. The van der Waals surface area contributed by atoms with Crippen LogP contribution in [0.25, 0.3) is 16.7 Å². The number of carbonyl (C=O) groups excluding carboxylic acids is 1. The van der Waals surface area contributed by atoms with E-state index in [9.17, 15) is 9.59 Å². The van der Waals surface area contributed by atoms with Crippen molar-refractivity contribution in [3.63, 3.8) is 0 Å². The average Bonchev–Trinajstić information content (AvgIpc) is 3.97. The number of benzene rings is 1. The molecule has 2 saturated heterocycles. The van der Waals surface area contributed by atoms with Gasteiger partial charge >= 0.3 is 6.03 Å². The lowest BCUT2D eigenvalue weighted by atomic mass is 9.53. The summed E-state index contributed by atoms with van der Waals surface area (Å²) in [5, 5.41) is 11.4. The first kappa shape index (κ1) is 33.8. The number of fused-ring (bicyclic) bond motifs is 1. The zero-order valence-electron chi connectivity index (χ0n) is 31.1. The highest BCUT2D eigenvalue weighted by atomic mass is 16.5. The van der Waals surface area contributed by atoms with Crippen molar-refractivity contribution in [3.05, 3.63) is 70.1 Å². The van der Waals surface area contributed by atoms with E-state index >= 15 is 0 Å². The van der Waals surface area contributed by atoms with Crippen LogP contribution < -0.4 is 31.1 Å². The summed E-state index contributed by atoms with van der Waals surface area (Å²) in [4.78, 5) is 45.7. The summed E-state index contributed by atoms with van der Waals surface area (Å²) in [5.41, 5.74) is 3.38. The van der Waals surface area contributed by atoms with Crippen LogP contribution in [0.5, 0.6) is 5.88 Å². The van der Waals surface area contributed by atoms with Gasteiger partial charge in [-0.2, -0.15) is 9.97 Å². The van der Waals surface area contributed by atoms with E-state index in [1.165, 1.54) is 32.1 Å². The predicted molar refractivity (Wildman–Crippen MR) is 206 cm³/mol. The normalized spacial score (nSPS) is 26.8. The molecular weight excluding hydrogens is 683 g/mol. The van der Waals surface area contributed by atoms with Crippen LogP contribution in [-0.2, 0) is 10.3 Å². The van der Waals surface area contributed by atoms with Crippen molar-refractivity contribution in [2.24, 2.45) is 17.8 Å². The Morgan fingerprint density at radius 2 is 1.69 bits per heavy atom. The Morgan fingerprint density at radius 1 is 0.944 bits per heavy atom. The van der Waals surface area contributed by atoms with E-state index in [2.05, 4.69) is 38.0 Å². The summed E-state index contributed by atoms with van der Waals surface area (Å²) in [6.07, 6.45) is 11.7. The quantitative estimate of drug-likeness (QED) is 0.215. The SMILES string of the molecule is COc1nc(N2CCN(C(=O)NC34CC5CC(CC(C5)C3)C4)CC2)ccc1Nc1ncc2c(C)cc(=O)n(-c3cccc(C4(NC5CC5)COC4)c3)c2n1. The van der Waals surface area contributed by atoms with Gasteiger partial charge in [0.15, 0.2) is 5.65 Å². The maximum atomic E-state index is 13.6. The third kappa shape index (κ3) is 6.05. The highest BCUT2D eigenvalue weighted by molar-refractivity contribution is 5.81. The largest absolute Gasteiger partial charge is 0.479 e. The molecule has 7 aliphatic rings.